The SMILES string of the molecule is O=C(NC1CCN(CCCCC2(C(=O)NCC(F)(F)F)c3ccccc3-c3ccccc32)CC1)c1ccc(Cl)c(Cl)c1. The maximum Gasteiger partial charge on any atom is 0.405 e. The lowest BCUT2D eigenvalue weighted by molar-refractivity contribution is -0.141. The molecular weight excluding hydrogens is 586 g/mol. The standard InChI is InChI=1S/C32H32Cl2F3N3O2/c33-27-12-11-21(19-28(27)34)29(41)39-22-13-17-40(18-14-22)16-6-5-15-31(30(42)38-20-32(35,36)37)25-9-3-1-7-23(25)24-8-2-4-10-26(24)31/h1-4,7-12,19,22H,5-6,13-18,20H2,(H,38,42)(H,39,41). The molecule has 3 aromatic carbocycles. The summed E-state index contributed by atoms with van der Waals surface area (Å²) in [5, 5.41) is 6.00. The van der Waals surface area contributed by atoms with Gasteiger partial charge in [0.05, 0.1) is 10.0 Å². The molecule has 222 valence electrons. The molecule has 0 atom stereocenters. The fourth-order valence-corrected chi connectivity index (χ4v) is 6.51. The molecule has 3 aromatic rings. The fraction of sp³-hybridized carbons (Fsp3) is 0.375. The lowest BCUT2D eigenvalue weighted by Gasteiger charge is -2.33. The van der Waals surface area contributed by atoms with Crippen LogP contribution in [0.15, 0.2) is 66.7 Å². The minimum Gasteiger partial charge on any atom is -0.349 e. The number of fused-ring (bicyclic) bond motifs is 3. The van der Waals surface area contributed by atoms with Crippen LogP contribution in [-0.4, -0.2) is 55.1 Å². The lowest BCUT2D eigenvalue weighted by Crippen LogP contribution is -2.47. The second kappa shape index (κ2) is 12.7. The van der Waals surface area contributed by atoms with Gasteiger partial charge in [-0.25, -0.2) is 0 Å². The average Bonchev–Trinajstić information content (AvgIpc) is 3.26. The number of nitrogens with zero attached hydrogens (tertiary/aromatic N) is 1. The van der Waals surface area contributed by atoms with Gasteiger partial charge in [-0.05, 0) is 72.7 Å². The summed E-state index contributed by atoms with van der Waals surface area (Å²) in [5.41, 5.74) is 2.57. The van der Waals surface area contributed by atoms with Crippen LogP contribution in [0.5, 0.6) is 0 Å². The summed E-state index contributed by atoms with van der Waals surface area (Å²) >= 11 is 12.0. The number of carbonyl (C=O) groups excluding carboxylic acids is 2. The molecule has 5 rings (SSSR count). The molecule has 1 aliphatic heterocycles. The first-order chi connectivity index (χ1) is 20.1. The Morgan fingerprint density at radius 3 is 2.10 bits per heavy atom. The molecule has 42 heavy (non-hydrogen) atoms. The van der Waals surface area contributed by atoms with Gasteiger partial charge in [0.15, 0.2) is 0 Å². The number of hydrogen-bond donors (Lipinski definition) is 2. The second-order valence-electron chi connectivity index (χ2n) is 11.0. The van der Waals surface area contributed by atoms with Crippen molar-refractivity contribution in [1.82, 2.24) is 15.5 Å². The molecule has 2 aliphatic rings. The van der Waals surface area contributed by atoms with Gasteiger partial charge >= 0.3 is 6.18 Å². The Morgan fingerprint density at radius 2 is 1.50 bits per heavy atom. The van der Waals surface area contributed by atoms with Crippen molar-refractivity contribution in [1.29, 1.82) is 0 Å². The molecule has 1 heterocycles. The van der Waals surface area contributed by atoms with E-state index in [1.165, 1.54) is 0 Å². The Hall–Kier alpha value is -3.07. The zero-order valence-electron chi connectivity index (χ0n) is 22.9. The average molecular weight is 619 g/mol. The van der Waals surface area contributed by atoms with E-state index >= 15 is 0 Å². The minimum absolute atomic E-state index is 0.0512. The molecule has 0 radical (unpaired) electrons. The van der Waals surface area contributed by atoms with Crippen LogP contribution in [0.3, 0.4) is 0 Å². The number of halogens is 5. The van der Waals surface area contributed by atoms with E-state index in [1.807, 2.05) is 48.5 Å². The van der Waals surface area contributed by atoms with Gasteiger partial charge in [0.2, 0.25) is 5.91 Å². The van der Waals surface area contributed by atoms with Crippen LogP contribution in [0.25, 0.3) is 11.1 Å². The van der Waals surface area contributed by atoms with E-state index in [0.29, 0.717) is 28.5 Å². The minimum atomic E-state index is -4.50. The predicted molar refractivity (Wildman–Crippen MR) is 159 cm³/mol. The van der Waals surface area contributed by atoms with Crippen LogP contribution in [-0.2, 0) is 10.2 Å². The Labute approximate surface area is 253 Å². The zero-order chi connectivity index (χ0) is 29.9. The third kappa shape index (κ3) is 6.46. The fourth-order valence-electron chi connectivity index (χ4n) is 6.22. The van der Waals surface area contributed by atoms with E-state index in [4.69, 9.17) is 23.2 Å². The molecule has 1 fully saturated rings. The van der Waals surface area contributed by atoms with Crippen LogP contribution in [0.2, 0.25) is 10.0 Å². The van der Waals surface area contributed by atoms with Gasteiger partial charge in [0, 0.05) is 24.7 Å². The summed E-state index contributed by atoms with van der Waals surface area (Å²) in [6, 6.07) is 19.9. The lowest BCUT2D eigenvalue weighted by atomic mass is 9.73. The third-order valence-corrected chi connectivity index (χ3v) is 9.02. The number of likely N-dealkylation sites (tertiary alicyclic amines) is 1. The monoisotopic (exact) mass is 617 g/mol. The number of unbranched alkanes of at least 4 members (excludes halogenated alkanes) is 1. The molecule has 0 spiro atoms. The van der Waals surface area contributed by atoms with Crippen LogP contribution >= 0.6 is 23.2 Å². The van der Waals surface area contributed by atoms with E-state index in [1.54, 1.807) is 18.2 Å². The normalized spacial score (nSPS) is 16.5. The first kappa shape index (κ1) is 30.4. The van der Waals surface area contributed by atoms with Crippen molar-refractivity contribution in [3.05, 3.63) is 93.5 Å². The molecule has 1 saturated heterocycles. The van der Waals surface area contributed by atoms with Crippen LogP contribution in [0, 0.1) is 0 Å². The van der Waals surface area contributed by atoms with Crippen molar-refractivity contribution in [2.24, 2.45) is 0 Å². The maximum atomic E-state index is 13.6. The number of alkyl halides is 3. The summed E-state index contributed by atoms with van der Waals surface area (Å²) in [6.07, 6.45) is -1.03. The van der Waals surface area contributed by atoms with Gasteiger partial charge in [-0.1, -0.05) is 78.2 Å². The molecule has 0 aromatic heterocycles. The number of nitrogens with one attached hydrogen (secondary N) is 2. The summed E-state index contributed by atoms with van der Waals surface area (Å²) in [7, 11) is 0. The topological polar surface area (TPSA) is 61.4 Å². The van der Waals surface area contributed by atoms with E-state index < -0.39 is 24.0 Å². The highest BCUT2D eigenvalue weighted by Gasteiger charge is 2.49. The molecule has 5 nitrogen and oxygen atoms in total. The van der Waals surface area contributed by atoms with Crippen molar-refractivity contribution in [2.45, 2.75) is 49.7 Å². The summed E-state index contributed by atoms with van der Waals surface area (Å²) in [4.78, 5) is 28.6. The largest absolute Gasteiger partial charge is 0.405 e. The zero-order valence-corrected chi connectivity index (χ0v) is 24.5. The van der Waals surface area contributed by atoms with Crippen molar-refractivity contribution in [2.75, 3.05) is 26.2 Å². The molecule has 0 saturated carbocycles. The highest BCUT2D eigenvalue weighted by atomic mass is 35.5. The van der Waals surface area contributed by atoms with E-state index in [-0.39, 0.29) is 11.9 Å². The van der Waals surface area contributed by atoms with Gasteiger partial charge in [-0.2, -0.15) is 13.2 Å². The first-order valence-corrected chi connectivity index (χ1v) is 14.9. The van der Waals surface area contributed by atoms with Gasteiger partial charge in [0.25, 0.3) is 5.91 Å². The van der Waals surface area contributed by atoms with E-state index in [9.17, 15) is 22.8 Å². The van der Waals surface area contributed by atoms with Crippen molar-refractivity contribution in [3.63, 3.8) is 0 Å². The third-order valence-electron chi connectivity index (χ3n) is 8.28. The number of amides is 2. The molecule has 0 unspecified atom stereocenters. The van der Waals surface area contributed by atoms with Crippen LogP contribution in [0.1, 0.15) is 53.6 Å². The van der Waals surface area contributed by atoms with E-state index in [2.05, 4.69) is 15.5 Å². The molecular formula is C32H32Cl2F3N3O2. The number of carbonyl (C=O) groups is 2. The van der Waals surface area contributed by atoms with Gasteiger partial charge in [-0.3, -0.25) is 9.59 Å². The van der Waals surface area contributed by atoms with Crippen molar-refractivity contribution < 1.29 is 22.8 Å². The Kier molecular flexibility index (Phi) is 9.16. The highest BCUT2D eigenvalue weighted by Crippen LogP contribution is 2.51. The number of hydrogen-bond acceptors (Lipinski definition) is 3. The number of piperidine rings is 1. The predicted octanol–water partition coefficient (Wildman–Crippen LogP) is 7.00. The van der Waals surface area contributed by atoms with Gasteiger partial charge in [-0.15, -0.1) is 0 Å². The van der Waals surface area contributed by atoms with Crippen molar-refractivity contribution in [3.8, 4) is 11.1 Å². The Morgan fingerprint density at radius 1 is 0.881 bits per heavy atom. The second-order valence-corrected chi connectivity index (χ2v) is 11.8. The highest BCUT2D eigenvalue weighted by molar-refractivity contribution is 6.42. The summed E-state index contributed by atoms with van der Waals surface area (Å²) in [5.74, 6) is -0.797. The molecule has 2 N–H and O–H groups in total. The Bertz CT molecular complexity index is 1410. The molecule has 10 heteroatoms. The van der Waals surface area contributed by atoms with Gasteiger partial charge in [0.1, 0.15) is 12.0 Å². The van der Waals surface area contributed by atoms with Crippen LogP contribution in [0.4, 0.5) is 13.2 Å². The molecule has 2 amide bonds. The van der Waals surface area contributed by atoms with Crippen molar-refractivity contribution >= 4 is 35.0 Å². The van der Waals surface area contributed by atoms with Crippen LogP contribution < -0.4 is 10.6 Å². The van der Waals surface area contributed by atoms with Gasteiger partial charge < -0.3 is 15.5 Å². The smallest absolute Gasteiger partial charge is 0.349 e. The first-order valence-electron chi connectivity index (χ1n) is 14.1. The maximum absolute atomic E-state index is 13.6. The number of rotatable bonds is 9. The summed E-state index contributed by atoms with van der Waals surface area (Å²) in [6.45, 7) is 1.07. The Balaban J connectivity index is 1.20. The number of benzene rings is 3. The molecule has 0 bridgehead atoms. The van der Waals surface area contributed by atoms with E-state index in [0.717, 1.165) is 61.2 Å². The quantitative estimate of drug-likeness (QED) is 0.254. The summed E-state index contributed by atoms with van der Waals surface area (Å²) < 4.78 is 39.3. The molecule has 1 aliphatic carbocycles.